The molecule has 1 aliphatic rings. The fraction of sp³-hybridized carbons (Fsp3) is 0.312. The first-order valence-electron chi connectivity index (χ1n) is 7.19. The van der Waals surface area contributed by atoms with E-state index in [2.05, 4.69) is 10.3 Å². The van der Waals surface area contributed by atoms with Crippen molar-refractivity contribution in [3.8, 4) is 0 Å². The first-order chi connectivity index (χ1) is 10.7. The molecule has 3 heterocycles. The number of carbonyl (C=O) groups excluding carboxylic acids is 2. The van der Waals surface area contributed by atoms with E-state index >= 15 is 0 Å². The van der Waals surface area contributed by atoms with Crippen LogP contribution in [0.4, 0.5) is 0 Å². The summed E-state index contributed by atoms with van der Waals surface area (Å²) in [7, 11) is 0. The van der Waals surface area contributed by atoms with Crippen LogP contribution in [0.15, 0.2) is 47.3 Å². The molecule has 2 aromatic heterocycles. The molecule has 0 bridgehead atoms. The number of likely N-dealkylation sites (tertiary alicyclic amines) is 1. The van der Waals surface area contributed by atoms with E-state index in [1.807, 2.05) is 18.2 Å². The van der Waals surface area contributed by atoms with Gasteiger partial charge in [0.05, 0.1) is 18.7 Å². The summed E-state index contributed by atoms with van der Waals surface area (Å²) in [6, 6.07) is 7.33. The summed E-state index contributed by atoms with van der Waals surface area (Å²) < 4.78 is 5.24. The molecule has 2 aromatic rings. The largest absolute Gasteiger partial charge is 0.467 e. The van der Waals surface area contributed by atoms with Crippen LogP contribution in [0.25, 0.3) is 0 Å². The lowest BCUT2D eigenvalue weighted by Gasteiger charge is -2.15. The number of amides is 2. The summed E-state index contributed by atoms with van der Waals surface area (Å²) in [5.74, 6) is 0.306. The van der Waals surface area contributed by atoms with Gasteiger partial charge in [-0.3, -0.25) is 14.6 Å². The van der Waals surface area contributed by atoms with E-state index in [1.54, 1.807) is 29.6 Å². The quantitative estimate of drug-likeness (QED) is 0.904. The number of nitrogens with one attached hydrogen (secondary N) is 1. The van der Waals surface area contributed by atoms with Crippen molar-refractivity contribution in [2.24, 2.45) is 5.92 Å². The number of carbonyl (C=O) groups is 2. The Morgan fingerprint density at radius 2 is 2.32 bits per heavy atom. The van der Waals surface area contributed by atoms with Crippen LogP contribution in [0.2, 0.25) is 0 Å². The van der Waals surface area contributed by atoms with Gasteiger partial charge in [-0.2, -0.15) is 0 Å². The van der Waals surface area contributed by atoms with Gasteiger partial charge >= 0.3 is 0 Å². The summed E-state index contributed by atoms with van der Waals surface area (Å²) in [6.45, 7) is 1.27. The second-order valence-corrected chi connectivity index (χ2v) is 5.33. The minimum Gasteiger partial charge on any atom is -0.467 e. The van der Waals surface area contributed by atoms with Crippen molar-refractivity contribution in [3.63, 3.8) is 0 Å². The van der Waals surface area contributed by atoms with Crippen molar-refractivity contribution in [1.29, 1.82) is 0 Å². The second-order valence-electron chi connectivity index (χ2n) is 5.33. The summed E-state index contributed by atoms with van der Waals surface area (Å²) in [6.07, 6.45) is 5.23. The molecule has 1 aliphatic heterocycles. The molecule has 1 N–H and O–H groups in total. The minimum atomic E-state index is -0.306. The van der Waals surface area contributed by atoms with E-state index in [-0.39, 0.29) is 24.2 Å². The molecule has 22 heavy (non-hydrogen) atoms. The molecular weight excluding hydrogens is 282 g/mol. The Balaban J connectivity index is 1.52. The number of furan rings is 1. The molecule has 2 amide bonds. The summed E-state index contributed by atoms with van der Waals surface area (Å²) in [4.78, 5) is 29.8. The number of pyridine rings is 1. The molecular formula is C16H17N3O3. The van der Waals surface area contributed by atoms with Gasteiger partial charge in [0, 0.05) is 31.9 Å². The fourth-order valence-electron chi connectivity index (χ4n) is 2.53. The maximum absolute atomic E-state index is 12.2. The van der Waals surface area contributed by atoms with Gasteiger partial charge in [0.25, 0.3) is 0 Å². The van der Waals surface area contributed by atoms with Crippen LogP contribution in [0.5, 0.6) is 0 Å². The Bertz CT molecular complexity index is 640. The van der Waals surface area contributed by atoms with Crippen molar-refractivity contribution < 1.29 is 14.0 Å². The highest BCUT2D eigenvalue weighted by molar-refractivity contribution is 5.89. The summed E-state index contributed by atoms with van der Waals surface area (Å²) in [5.41, 5.74) is 0.938. The zero-order valence-corrected chi connectivity index (χ0v) is 12.1. The molecule has 1 fully saturated rings. The average Bonchev–Trinajstić information content (AvgIpc) is 3.17. The van der Waals surface area contributed by atoms with Crippen LogP contribution in [0, 0.1) is 5.92 Å². The van der Waals surface area contributed by atoms with Crippen molar-refractivity contribution >= 4 is 11.8 Å². The van der Waals surface area contributed by atoms with Gasteiger partial charge in [0.1, 0.15) is 5.76 Å². The number of hydrogen-bond donors (Lipinski definition) is 1. The van der Waals surface area contributed by atoms with Crippen LogP contribution in [0.3, 0.4) is 0 Å². The number of aromatic nitrogens is 1. The Labute approximate surface area is 128 Å². The van der Waals surface area contributed by atoms with Crippen LogP contribution < -0.4 is 5.32 Å². The number of rotatable bonds is 5. The molecule has 0 spiro atoms. The Kier molecular flexibility index (Phi) is 4.18. The molecule has 0 saturated carbocycles. The van der Waals surface area contributed by atoms with Gasteiger partial charge in [-0.15, -0.1) is 0 Å². The monoisotopic (exact) mass is 299 g/mol. The standard InChI is InChI=1S/C16H17N3O3/c20-15-7-13(10-19(15)11-14-4-2-6-22-14)16(21)18-9-12-3-1-5-17-8-12/h1-6,8,13H,7,9-11H2,(H,18,21). The Morgan fingerprint density at radius 1 is 1.41 bits per heavy atom. The van der Waals surface area contributed by atoms with Crippen molar-refractivity contribution in [2.75, 3.05) is 6.54 Å². The van der Waals surface area contributed by atoms with Crippen LogP contribution in [0.1, 0.15) is 17.7 Å². The minimum absolute atomic E-state index is 0.0158. The molecule has 1 atom stereocenters. The van der Waals surface area contributed by atoms with Crippen LogP contribution in [-0.4, -0.2) is 28.2 Å². The molecule has 114 valence electrons. The van der Waals surface area contributed by atoms with Crippen molar-refractivity contribution in [2.45, 2.75) is 19.5 Å². The third-order valence-corrected chi connectivity index (χ3v) is 3.70. The lowest BCUT2D eigenvalue weighted by atomic mass is 10.1. The molecule has 6 nitrogen and oxygen atoms in total. The van der Waals surface area contributed by atoms with Crippen molar-refractivity contribution in [1.82, 2.24) is 15.2 Å². The lowest BCUT2D eigenvalue weighted by Crippen LogP contribution is -2.32. The highest BCUT2D eigenvalue weighted by atomic mass is 16.3. The van der Waals surface area contributed by atoms with E-state index in [1.165, 1.54) is 0 Å². The first-order valence-corrected chi connectivity index (χ1v) is 7.19. The maximum Gasteiger partial charge on any atom is 0.225 e. The van der Waals surface area contributed by atoms with Crippen LogP contribution in [-0.2, 0) is 22.7 Å². The maximum atomic E-state index is 12.2. The van der Waals surface area contributed by atoms with E-state index in [9.17, 15) is 9.59 Å². The predicted octanol–water partition coefficient (Wildman–Crippen LogP) is 1.34. The smallest absolute Gasteiger partial charge is 0.225 e. The van der Waals surface area contributed by atoms with Gasteiger partial charge in [0.2, 0.25) is 11.8 Å². The SMILES string of the molecule is O=C(NCc1cccnc1)C1CC(=O)N(Cc2ccco2)C1. The van der Waals surface area contributed by atoms with Gasteiger partial charge in [-0.1, -0.05) is 6.07 Å². The lowest BCUT2D eigenvalue weighted by molar-refractivity contribution is -0.129. The van der Waals surface area contributed by atoms with Crippen LogP contribution >= 0.6 is 0 Å². The van der Waals surface area contributed by atoms with Gasteiger partial charge in [-0.25, -0.2) is 0 Å². The van der Waals surface area contributed by atoms with E-state index in [0.717, 1.165) is 11.3 Å². The molecule has 3 rings (SSSR count). The summed E-state index contributed by atoms with van der Waals surface area (Å²) >= 11 is 0. The second kappa shape index (κ2) is 6.43. The molecule has 0 aromatic carbocycles. The zero-order chi connectivity index (χ0) is 15.4. The highest BCUT2D eigenvalue weighted by Crippen LogP contribution is 2.20. The Morgan fingerprint density at radius 3 is 3.05 bits per heavy atom. The normalized spacial score (nSPS) is 17.7. The fourth-order valence-corrected chi connectivity index (χ4v) is 2.53. The highest BCUT2D eigenvalue weighted by Gasteiger charge is 2.34. The number of hydrogen-bond acceptors (Lipinski definition) is 4. The topological polar surface area (TPSA) is 75.4 Å². The third kappa shape index (κ3) is 3.33. The van der Waals surface area contributed by atoms with Gasteiger partial charge in [-0.05, 0) is 23.8 Å². The number of nitrogens with zero attached hydrogens (tertiary/aromatic N) is 2. The molecule has 1 unspecified atom stereocenters. The van der Waals surface area contributed by atoms with E-state index in [4.69, 9.17) is 4.42 Å². The van der Waals surface area contributed by atoms with Gasteiger partial charge in [0.15, 0.2) is 0 Å². The Hall–Kier alpha value is -2.63. The van der Waals surface area contributed by atoms with Gasteiger partial charge < -0.3 is 14.6 Å². The third-order valence-electron chi connectivity index (χ3n) is 3.70. The predicted molar refractivity (Wildman–Crippen MR) is 78.3 cm³/mol. The average molecular weight is 299 g/mol. The van der Waals surface area contributed by atoms with Crippen molar-refractivity contribution in [3.05, 3.63) is 54.2 Å². The molecule has 6 heteroatoms. The zero-order valence-electron chi connectivity index (χ0n) is 12.1. The summed E-state index contributed by atoms with van der Waals surface area (Å²) in [5, 5.41) is 2.86. The van der Waals surface area contributed by atoms with E-state index in [0.29, 0.717) is 19.6 Å². The molecule has 1 saturated heterocycles. The molecule has 0 radical (unpaired) electrons. The molecule has 0 aliphatic carbocycles. The van der Waals surface area contributed by atoms with E-state index < -0.39 is 0 Å². The first kappa shape index (κ1) is 14.3.